The number of carboxylic acid groups (broad SMARTS) is 1. The molecule has 0 radical (unpaired) electrons. The molecule has 0 bridgehead atoms. The molecule has 1 aliphatic heterocycles. The van der Waals surface area contributed by atoms with E-state index in [0.717, 1.165) is 5.75 Å². The fourth-order valence-corrected chi connectivity index (χ4v) is 3.18. The number of carbonyl (C=O) groups is 2. The number of anilines is 1. The summed E-state index contributed by atoms with van der Waals surface area (Å²) < 4.78 is 0. The van der Waals surface area contributed by atoms with E-state index in [0.29, 0.717) is 24.0 Å². The minimum absolute atomic E-state index is 0.0213. The summed E-state index contributed by atoms with van der Waals surface area (Å²) in [6.07, 6.45) is 0. The fraction of sp³-hybridized carbons (Fsp3) is 0.385. The van der Waals surface area contributed by atoms with Crippen LogP contribution < -0.4 is 5.32 Å². The standard InChI is InChI=1S/C13H15ClN2O3S/c1-8-7-16(4-5-20-8)13(19)15-9-2-3-11(14)10(6-9)12(17)18/h2-3,6,8H,4-5,7H2,1H3,(H,15,19)(H,17,18). The van der Waals surface area contributed by atoms with Gasteiger partial charge in [0.1, 0.15) is 0 Å². The quantitative estimate of drug-likeness (QED) is 0.880. The highest BCUT2D eigenvalue weighted by Crippen LogP contribution is 2.22. The van der Waals surface area contributed by atoms with Crippen LogP contribution in [0.15, 0.2) is 18.2 Å². The van der Waals surface area contributed by atoms with Crippen LogP contribution in [0, 0.1) is 0 Å². The molecule has 1 aliphatic rings. The Hall–Kier alpha value is -1.40. The number of hydrogen-bond acceptors (Lipinski definition) is 3. The SMILES string of the molecule is CC1CN(C(=O)Nc2ccc(Cl)c(C(=O)O)c2)CCS1. The van der Waals surface area contributed by atoms with Crippen molar-refractivity contribution in [2.24, 2.45) is 0 Å². The Balaban J connectivity index is 2.07. The van der Waals surface area contributed by atoms with Gasteiger partial charge in [0.05, 0.1) is 10.6 Å². The molecular weight excluding hydrogens is 300 g/mol. The molecule has 7 heteroatoms. The number of benzene rings is 1. The van der Waals surface area contributed by atoms with Crippen molar-refractivity contribution in [3.63, 3.8) is 0 Å². The smallest absolute Gasteiger partial charge is 0.337 e. The first-order valence-corrected chi connectivity index (χ1v) is 7.60. The average Bonchev–Trinajstić information content (AvgIpc) is 2.40. The Morgan fingerprint density at radius 2 is 2.25 bits per heavy atom. The highest BCUT2D eigenvalue weighted by Gasteiger charge is 2.21. The van der Waals surface area contributed by atoms with Gasteiger partial charge in [0, 0.05) is 29.8 Å². The zero-order valence-corrected chi connectivity index (χ0v) is 12.5. The van der Waals surface area contributed by atoms with Gasteiger partial charge >= 0.3 is 12.0 Å². The Labute approximate surface area is 126 Å². The van der Waals surface area contributed by atoms with Gasteiger partial charge in [0.15, 0.2) is 0 Å². The topological polar surface area (TPSA) is 69.6 Å². The van der Waals surface area contributed by atoms with Gasteiger partial charge in [-0.3, -0.25) is 0 Å². The van der Waals surface area contributed by atoms with E-state index >= 15 is 0 Å². The number of nitrogens with one attached hydrogen (secondary N) is 1. The molecule has 0 aromatic heterocycles. The molecule has 2 rings (SSSR count). The number of carboxylic acids is 1. The summed E-state index contributed by atoms with van der Waals surface area (Å²) in [4.78, 5) is 24.8. The first kappa shape index (κ1) is 15.0. The lowest BCUT2D eigenvalue weighted by atomic mass is 10.2. The number of halogens is 1. The van der Waals surface area contributed by atoms with Crippen LogP contribution in [0.1, 0.15) is 17.3 Å². The summed E-state index contributed by atoms with van der Waals surface area (Å²) in [7, 11) is 0. The van der Waals surface area contributed by atoms with Crippen molar-refractivity contribution in [3.8, 4) is 0 Å². The monoisotopic (exact) mass is 314 g/mol. The van der Waals surface area contributed by atoms with E-state index in [9.17, 15) is 9.59 Å². The minimum Gasteiger partial charge on any atom is -0.478 e. The third-order valence-corrected chi connectivity index (χ3v) is 4.44. The van der Waals surface area contributed by atoms with Gasteiger partial charge in [0.25, 0.3) is 0 Å². The summed E-state index contributed by atoms with van der Waals surface area (Å²) in [6, 6.07) is 4.21. The lowest BCUT2D eigenvalue weighted by Crippen LogP contribution is -2.43. The van der Waals surface area contributed by atoms with Gasteiger partial charge in [-0.25, -0.2) is 9.59 Å². The van der Waals surface area contributed by atoms with Gasteiger partial charge in [0.2, 0.25) is 0 Å². The Morgan fingerprint density at radius 1 is 1.50 bits per heavy atom. The normalized spacial score (nSPS) is 18.7. The van der Waals surface area contributed by atoms with Crippen molar-refractivity contribution < 1.29 is 14.7 Å². The molecule has 108 valence electrons. The minimum atomic E-state index is -1.12. The molecule has 5 nitrogen and oxygen atoms in total. The molecule has 1 aromatic carbocycles. The van der Waals surface area contributed by atoms with Crippen LogP contribution in [-0.2, 0) is 0 Å². The number of thioether (sulfide) groups is 1. The van der Waals surface area contributed by atoms with Gasteiger partial charge in [-0.05, 0) is 18.2 Å². The Bertz CT molecular complexity index is 538. The first-order valence-electron chi connectivity index (χ1n) is 6.17. The number of nitrogens with zero attached hydrogens (tertiary/aromatic N) is 1. The molecule has 0 spiro atoms. The van der Waals surface area contributed by atoms with E-state index in [1.165, 1.54) is 12.1 Å². The molecule has 1 unspecified atom stereocenters. The second-order valence-electron chi connectivity index (χ2n) is 4.56. The highest BCUT2D eigenvalue weighted by atomic mass is 35.5. The molecule has 1 aromatic rings. The average molecular weight is 315 g/mol. The number of amides is 2. The molecule has 0 aliphatic carbocycles. The molecule has 1 heterocycles. The summed E-state index contributed by atoms with van der Waals surface area (Å²) in [5, 5.41) is 12.3. The van der Waals surface area contributed by atoms with Gasteiger partial charge < -0.3 is 15.3 Å². The lowest BCUT2D eigenvalue weighted by Gasteiger charge is -2.30. The maximum Gasteiger partial charge on any atom is 0.337 e. The number of hydrogen-bond donors (Lipinski definition) is 2. The number of urea groups is 1. The van der Waals surface area contributed by atoms with E-state index in [1.807, 2.05) is 11.8 Å². The molecule has 2 amide bonds. The van der Waals surface area contributed by atoms with Gasteiger partial charge in [-0.2, -0.15) is 11.8 Å². The largest absolute Gasteiger partial charge is 0.478 e. The van der Waals surface area contributed by atoms with Crippen LogP contribution in [0.3, 0.4) is 0 Å². The third-order valence-electron chi connectivity index (χ3n) is 2.98. The van der Waals surface area contributed by atoms with E-state index in [1.54, 1.807) is 11.0 Å². The predicted molar refractivity (Wildman–Crippen MR) is 80.9 cm³/mol. The molecular formula is C13H15ClN2O3S. The van der Waals surface area contributed by atoms with E-state index in [-0.39, 0.29) is 16.6 Å². The van der Waals surface area contributed by atoms with Crippen molar-refractivity contribution in [1.82, 2.24) is 4.90 Å². The van der Waals surface area contributed by atoms with Gasteiger partial charge in [-0.15, -0.1) is 0 Å². The van der Waals surface area contributed by atoms with Crippen molar-refractivity contribution in [3.05, 3.63) is 28.8 Å². The maximum atomic E-state index is 12.1. The van der Waals surface area contributed by atoms with Crippen molar-refractivity contribution in [1.29, 1.82) is 0 Å². The summed E-state index contributed by atoms with van der Waals surface area (Å²) in [6.45, 7) is 3.46. The zero-order chi connectivity index (χ0) is 14.7. The second-order valence-corrected chi connectivity index (χ2v) is 6.51. The highest BCUT2D eigenvalue weighted by molar-refractivity contribution is 7.99. The third kappa shape index (κ3) is 3.58. The van der Waals surface area contributed by atoms with E-state index in [4.69, 9.17) is 16.7 Å². The van der Waals surface area contributed by atoms with Crippen LogP contribution in [0.5, 0.6) is 0 Å². The van der Waals surface area contributed by atoms with Crippen molar-refractivity contribution >= 4 is 41.1 Å². The van der Waals surface area contributed by atoms with Crippen LogP contribution in [-0.4, -0.2) is 46.1 Å². The van der Waals surface area contributed by atoms with E-state index < -0.39 is 5.97 Å². The lowest BCUT2D eigenvalue weighted by molar-refractivity contribution is 0.0697. The van der Waals surface area contributed by atoms with Crippen molar-refractivity contribution in [2.75, 3.05) is 24.2 Å². The number of aromatic carboxylic acids is 1. The van der Waals surface area contributed by atoms with Crippen LogP contribution in [0.2, 0.25) is 5.02 Å². The second kappa shape index (κ2) is 6.37. The molecule has 20 heavy (non-hydrogen) atoms. The molecule has 1 saturated heterocycles. The number of carbonyl (C=O) groups excluding carboxylic acids is 1. The Morgan fingerprint density at radius 3 is 2.90 bits per heavy atom. The van der Waals surface area contributed by atoms with Crippen molar-refractivity contribution in [2.45, 2.75) is 12.2 Å². The molecule has 1 fully saturated rings. The summed E-state index contributed by atoms with van der Waals surface area (Å²) in [5.41, 5.74) is 0.412. The molecule has 2 N–H and O–H groups in total. The van der Waals surface area contributed by atoms with Crippen LogP contribution >= 0.6 is 23.4 Å². The predicted octanol–water partition coefficient (Wildman–Crippen LogP) is 3.01. The van der Waals surface area contributed by atoms with Gasteiger partial charge in [-0.1, -0.05) is 18.5 Å². The summed E-state index contributed by atoms with van der Waals surface area (Å²) in [5.74, 6) is -0.204. The number of rotatable bonds is 2. The van der Waals surface area contributed by atoms with E-state index in [2.05, 4.69) is 12.2 Å². The summed E-state index contributed by atoms with van der Waals surface area (Å²) >= 11 is 7.63. The first-order chi connectivity index (χ1) is 9.47. The Kier molecular flexibility index (Phi) is 4.77. The zero-order valence-electron chi connectivity index (χ0n) is 10.9. The maximum absolute atomic E-state index is 12.1. The molecule has 0 saturated carbocycles. The molecule has 1 atom stereocenters. The van der Waals surface area contributed by atoms with Crippen LogP contribution in [0.25, 0.3) is 0 Å². The fourth-order valence-electron chi connectivity index (χ4n) is 1.97. The van der Waals surface area contributed by atoms with Crippen LogP contribution in [0.4, 0.5) is 10.5 Å².